The van der Waals surface area contributed by atoms with Gasteiger partial charge >= 0.3 is 0 Å². The highest BCUT2D eigenvalue weighted by Crippen LogP contribution is 1.97. The van der Waals surface area contributed by atoms with Gasteiger partial charge in [0, 0.05) is 6.54 Å². The van der Waals surface area contributed by atoms with Crippen LogP contribution in [0.2, 0.25) is 0 Å². The lowest BCUT2D eigenvalue weighted by Gasteiger charge is -2.05. The highest BCUT2D eigenvalue weighted by Gasteiger charge is 1.95. The first-order valence-corrected chi connectivity index (χ1v) is 4.62. The summed E-state index contributed by atoms with van der Waals surface area (Å²) in [5.41, 5.74) is 0.980. The Labute approximate surface area is 88.2 Å². The second-order valence-electron chi connectivity index (χ2n) is 3.16. The van der Waals surface area contributed by atoms with Gasteiger partial charge in [0.05, 0.1) is 25.6 Å². The molecule has 0 aliphatic heterocycles. The minimum absolute atomic E-state index is 0.398. The van der Waals surface area contributed by atoms with Gasteiger partial charge in [-0.1, -0.05) is 12.2 Å². The van der Waals surface area contributed by atoms with E-state index in [9.17, 15) is 4.39 Å². The number of ether oxygens (including phenoxy) is 1. The first-order valence-electron chi connectivity index (χ1n) is 4.62. The quantitative estimate of drug-likeness (QED) is 0.573. The summed E-state index contributed by atoms with van der Waals surface area (Å²) < 4.78 is 17.7. The Morgan fingerprint density at radius 3 is 2.80 bits per heavy atom. The molecular weight excluding hydrogens is 197 g/mol. The zero-order chi connectivity index (χ0) is 11.1. The van der Waals surface area contributed by atoms with Crippen LogP contribution in [0.3, 0.4) is 0 Å². The van der Waals surface area contributed by atoms with E-state index < -0.39 is 5.82 Å². The average molecular weight is 211 g/mol. The Hall–Kier alpha value is -1.49. The molecule has 1 heterocycles. The molecule has 0 spiro atoms. The maximum Gasteiger partial charge on any atom is 0.222 e. The van der Waals surface area contributed by atoms with Crippen LogP contribution in [0, 0.1) is 5.82 Å². The third-order valence-corrected chi connectivity index (χ3v) is 1.50. The van der Waals surface area contributed by atoms with Gasteiger partial charge in [-0.25, -0.2) is 14.4 Å². The zero-order valence-electron chi connectivity index (χ0n) is 8.66. The Kier molecular flexibility index (Phi) is 4.70. The van der Waals surface area contributed by atoms with Crippen molar-refractivity contribution in [2.45, 2.75) is 6.92 Å². The van der Waals surface area contributed by atoms with Crippen LogP contribution in [0.25, 0.3) is 0 Å². The lowest BCUT2D eigenvalue weighted by atomic mass is 10.4. The van der Waals surface area contributed by atoms with E-state index in [1.165, 1.54) is 0 Å². The lowest BCUT2D eigenvalue weighted by Crippen LogP contribution is -2.12. The molecule has 0 saturated carbocycles. The van der Waals surface area contributed by atoms with E-state index in [4.69, 9.17) is 4.74 Å². The van der Waals surface area contributed by atoms with E-state index in [2.05, 4.69) is 21.9 Å². The van der Waals surface area contributed by atoms with Crippen LogP contribution in [0.5, 0.6) is 0 Å². The van der Waals surface area contributed by atoms with Gasteiger partial charge in [0.1, 0.15) is 0 Å². The number of hydrogen-bond donors (Lipinski definition) is 1. The average Bonchev–Trinajstić information content (AvgIpc) is 2.20. The highest BCUT2D eigenvalue weighted by atomic mass is 19.1. The number of nitrogens with zero attached hydrogens (tertiary/aromatic N) is 2. The minimum Gasteiger partial charge on any atom is -0.375 e. The Bertz CT molecular complexity index is 313. The summed E-state index contributed by atoms with van der Waals surface area (Å²) in [6.07, 6.45) is 2.23. The molecule has 0 aromatic carbocycles. The molecule has 0 saturated heterocycles. The van der Waals surface area contributed by atoms with Crippen molar-refractivity contribution in [3.8, 4) is 0 Å². The lowest BCUT2D eigenvalue weighted by molar-refractivity contribution is 0.167. The van der Waals surface area contributed by atoms with Crippen LogP contribution in [0.15, 0.2) is 24.5 Å². The molecule has 0 bridgehead atoms. The predicted octanol–water partition coefficient (Wildman–Crippen LogP) is 1.62. The zero-order valence-corrected chi connectivity index (χ0v) is 8.66. The number of hydrogen-bond acceptors (Lipinski definition) is 4. The van der Waals surface area contributed by atoms with E-state index in [1.54, 1.807) is 0 Å². The van der Waals surface area contributed by atoms with E-state index in [1.807, 2.05) is 6.92 Å². The molecular formula is C10H14FN3O. The highest BCUT2D eigenvalue weighted by molar-refractivity contribution is 5.21. The molecule has 0 aliphatic rings. The first-order chi connectivity index (χ1) is 7.18. The van der Waals surface area contributed by atoms with Crippen LogP contribution in [0.1, 0.15) is 6.92 Å². The molecule has 1 aromatic heterocycles. The van der Waals surface area contributed by atoms with Crippen LogP contribution in [0.4, 0.5) is 10.3 Å². The standard InChI is InChI=1S/C10H14FN3O/c1-8(2)7-15-4-3-12-10-13-5-9(11)6-14-10/h5-6H,1,3-4,7H2,2H3,(H,12,13,14). The Morgan fingerprint density at radius 1 is 1.53 bits per heavy atom. The van der Waals surface area contributed by atoms with Crippen LogP contribution < -0.4 is 5.32 Å². The second-order valence-corrected chi connectivity index (χ2v) is 3.16. The van der Waals surface area contributed by atoms with Crippen molar-refractivity contribution in [1.29, 1.82) is 0 Å². The topological polar surface area (TPSA) is 47.0 Å². The second kappa shape index (κ2) is 6.08. The predicted molar refractivity (Wildman–Crippen MR) is 56.1 cm³/mol. The molecule has 0 radical (unpaired) electrons. The fourth-order valence-corrected chi connectivity index (χ4v) is 0.885. The molecule has 0 aliphatic carbocycles. The van der Waals surface area contributed by atoms with Crippen molar-refractivity contribution >= 4 is 5.95 Å². The van der Waals surface area contributed by atoms with Crippen molar-refractivity contribution in [2.24, 2.45) is 0 Å². The maximum absolute atomic E-state index is 12.4. The molecule has 1 rings (SSSR count). The van der Waals surface area contributed by atoms with Crippen molar-refractivity contribution < 1.29 is 9.13 Å². The van der Waals surface area contributed by atoms with Crippen molar-refractivity contribution in [3.63, 3.8) is 0 Å². The number of anilines is 1. The molecule has 1 aromatic rings. The fraction of sp³-hybridized carbons (Fsp3) is 0.400. The number of aromatic nitrogens is 2. The molecule has 15 heavy (non-hydrogen) atoms. The summed E-state index contributed by atoms with van der Waals surface area (Å²) in [4.78, 5) is 7.48. The molecule has 5 heteroatoms. The third kappa shape index (κ3) is 5.07. The number of nitrogens with one attached hydrogen (secondary N) is 1. The summed E-state index contributed by atoms with van der Waals surface area (Å²) in [5.74, 6) is -0.0468. The SMILES string of the molecule is C=C(C)COCCNc1ncc(F)cn1. The van der Waals surface area contributed by atoms with Gasteiger partial charge in [0.2, 0.25) is 5.95 Å². The Balaban J connectivity index is 2.15. The summed E-state index contributed by atoms with van der Waals surface area (Å²) in [5, 5.41) is 2.90. The summed E-state index contributed by atoms with van der Waals surface area (Å²) in [6, 6.07) is 0. The molecule has 0 amide bonds. The fourth-order valence-electron chi connectivity index (χ4n) is 0.885. The van der Waals surface area contributed by atoms with Gasteiger partial charge in [-0.15, -0.1) is 0 Å². The molecule has 82 valence electrons. The van der Waals surface area contributed by atoms with E-state index in [0.29, 0.717) is 25.7 Å². The van der Waals surface area contributed by atoms with Gasteiger partial charge < -0.3 is 10.1 Å². The van der Waals surface area contributed by atoms with Crippen LogP contribution in [-0.2, 0) is 4.74 Å². The van der Waals surface area contributed by atoms with Gasteiger partial charge in [-0.3, -0.25) is 0 Å². The third-order valence-electron chi connectivity index (χ3n) is 1.50. The van der Waals surface area contributed by atoms with Crippen molar-refractivity contribution in [1.82, 2.24) is 9.97 Å². The van der Waals surface area contributed by atoms with Crippen LogP contribution >= 0.6 is 0 Å². The minimum atomic E-state index is -0.445. The van der Waals surface area contributed by atoms with Crippen LogP contribution in [-0.4, -0.2) is 29.7 Å². The molecule has 4 nitrogen and oxygen atoms in total. The first kappa shape index (κ1) is 11.6. The van der Waals surface area contributed by atoms with E-state index >= 15 is 0 Å². The normalized spacial score (nSPS) is 10.0. The molecule has 0 atom stereocenters. The molecule has 0 fully saturated rings. The number of rotatable bonds is 6. The largest absolute Gasteiger partial charge is 0.375 e. The van der Waals surface area contributed by atoms with Crippen molar-refractivity contribution in [2.75, 3.05) is 25.1 Å². The van der Waals surface area contributed by atoms with Gasteiger partial charge in [0.15, 0.2) is 5.82 Å². The van der Waals surface area contributed by atoms with Gasteiger partial charge in [-0.05, 0) is 6.92 Å². The smallest absolute Gasteiger partial charge is 0.222 e. The monoisotopic (exact) mass is 211 g/mol. The molecule has 1 N–H and O–H groups in total. The van der Waals surface area contributed by atoms with E-state index in [-0.39, 0.29) is 0 Å². The van der Waals surface area contributed by atoms with E-state index in [0.717, 1.165) is 18.0 Å². The van der Waals surface area contributed by atoms with Crippen molar-refractivity contribution in [3.05, 3.63) is 30.4 Å². The molecule has 0 unspecified atom stereocenters. The summed E-state index contributed by atoms with van der Waals surface area (Å²) in [7, 11) is 0. The maximum atomic E-state index is 12.4. The number of halogens is 1. The van der Waals surface area contributed by atoms with Gasteiger partial charge in [0.25, 0.3) is 0 Å². The summed E-state index contributed by atoms with van der Waals surface area (Å²) >= 11 is 0. The van der Waals surface area contributed by atoms with Gasteiger partial charge in [-0.2, -0.15) is 0 Å². The Morgan fingerprint density at radius 2 is 2.20 bits per heavy atom. The summed E-state index contributed by atoms with van der Waals surface area (Å²) in [6.45, 7) is 7.27.